The van der Waals surface area contributed by atoms with Crippen LogP contribution in [0.15, 0.2) is 48.5 Å². The highest BCUT2D eigenvalue weighted by atomic mass is 16.1. The Balaban J connectivity index is 1.83. The number of fused-ring (bicyclic) bond motifs is 2. The largest absolute Gasteiger partial charge is 0.294 e. The number of benzene rings is 3. The molecule has 0 saturated heterocycles. The minimum absolute atomic E-state index is 0.212. The monoisotopic (exact) mass is 384 g/mol. The van der Waals surface area contributed by atoms with Gasteiger partial charge in [0.25, 0.3) is 0 Å². The molecule has 4 rings (SSSR count). The van der Waals surface area contributed by atoms with Crippen LogP contribution in [-0.2, 0) is 10.8 Å². The first kappa shape index (κ1) is 19.9. The summed E-state index contributed by atoms with van der Waals surface area (Å²) in [5, 5.41) is 2.37. The molecule has 0 unspecified atom stereocenters. The van der Waals surface area contributed by atoms with E-state index in [4.69, 9.17) is 0 Å². The molecular weight excluding hydrogens is 352 g/mol. The van der Waals surface area contributed by atoms with Gasteiger partial charge in [-0.3, -0.25) is 4.79 Å². The van der Waals surface area contributed by atoms with E-state index in [0.29, 0.717) is 6.42 Å². The molecule has 0 radical (unpaired) electrons. The normalized spacial score (nSPS) is 17.2. The Kier molecular flexibility index (Phi) is 4.69. The third kappa shape index (κ3) is 3.31. The van der Waals surface area contributed by atoms with Gasteiger partial charge in [0.15, 0.2) is 5.78 Å². The van der Waals surface area contributed by atoms with Crippen molar-refractivity contribution in [3.05, 3.63) is 70.8 Å². The standard InChI is InChI=1S/C28H32O/c1-7-26(29)23-12-9-21-16-19(8-11-22(21)18(23)2)20-10-13-24-25(17-20)28(5,6)15-14-27(24,3)4/h8-13,16-17H,7,14-15H2,1-6H3. The zero-order valence-corrected chi connectivity index (χ0v) is 18.6. The van der Waals surface area contributed by atoms with Gasteiger partial charge >= 0.3 is 0 Å². The van der Waals surface area contributed by atoms with Crippen molar-refractivity contribution in [2.45, 2.75) is 71.6 Å². The Hall–Kier alpha value is -2.41. The van der Waals surface area contributed by atoms with Crippen LogP contribution in [0, 0.1) is 6.92 Å². The molecule has 0 aliphatic heterocycles. The van der Waals surface area contributed by atoms with Gasteiger partial charge in [-0.25, -0.2) is 0 Å². The minimum Gasteiger partial charge on any atom is -0.294 e. The first-order valence-electron chi connectivity index (χ1n) is 10.9. The topological polar surface area (TPSA) is 17.1 Å². The predicted molar refractivity (Wildman–Crippen MR) is 124 cm³/mol. The van der Waals surface area contributed by atoms with Crippen LogP contribution in [0.3, 0.4) is 0 Å². The Bertz CT molecular complexity index is 1110. The first-order valence-corrected chi connectivity index (χ1v) is 10.9. The lowest BCUT2D eigenvalue weighted by molar-refractivity contribution is 0.0987. The molecule has 0 N–H and O–H groups in total. The summed E-state index contributed by atoms with van der Waals surface area (Å²) in [5.41, 5.74) is 7.91. The summed E-state index contributed by atoms with van der Waals surface area (Å²) in [6, 6.07) is 17.8. The molecule has 3 aromatic rings. The van der Waals surface area contributed by atoms with Crippen molar-refractivity contribution in [1.29, 1.82) is 0 Å². The second kappa shape index (κ2) is 6.83. The summed E-state index contributed by atoms with van der Waals surface area (Å²) in [6.07, 6.45) is 3.01. The van der Waals surface area contributed by atoms with Crippen molar-refractivity contribution >= 4 is 16.6 Å². The van der Waals surface area contributed by atoms with Crippen molar-refractivity contribution < 1.29 is 4.79 Å². The maximum Gasteiger partial charge on any atom is 0.162 e. The number of rotatable bonds is 3. The smallest absolute Gasteiger partial charge is 0.162 e. The Morgan fingerprint density at radius 1 is 0.828 bits per heavy atom. The molecule has 0 heterocycles. The van der Waals surface area contributed by atoms with Gasteiger partial charge in [0.05, 0.1) is 0 Å². The number of hydrogen-bond donors (Lipinski definition) is 0. The van der Waals surface area contributed by atoms with Crippen LogP contribution < -0.4 is 0 Å². The number of aryl methyl sites for hydroxylation is 1. The van der Waals surface area contributed by atoms with Crippen molar-refractivity contribution in [2.75, 3.05) is 0 Å². The average molecular weight is 385 g/mol. The van der Waals surface area contributed by atoms with Crippen molar-refractivity contribution in [3.8, 4) is 11.1 Å². The number of carbonyl (C=O) groups excluding carboxylic acids is 1. The Morgan fingerprint density at radius 2 is 1.45 bits per heavy atom. The highest BCUT2D eigenvalue weighted by molar-refractivity contribution is 6.03. The molecule has 0 atom stereocenters. The van der Waals surface area contributed by atoms with Crippen molar-refractivity contribution in [2.24, 2.45) is 0 Å². The fourth-order valence-corrected chi connectivity index (χ4v) is 4.93. The van der Waals surface area contributed by atoms with Gasteiger partial charge in [0.1, 0.15) is 0 Å². The van der Waals surface area contributed by atoms with Crippen LogP contribution in [0.4, 0.5) is 0 Å². The lowest BCUT2D eigenvalue weighted by atomic mass is 9.63. The van der Waals surface area contributed by atoms with Crippen molar-refractivity contribution in [3.63, 3.8) is 0 Å². The van der Waals surface area contributed by atoms with Gasteiger partial charge in [0, 0.05) is 12.0 Å². The van der Waals surface area contributed by atoms with E-state index in [1.165, 1.54) is 45.9 Å². The molecule has 1 aliphatic carbocycles. The first-order chi connectivity index (χ1) is 13.6. The summed E-state index contributed by atoms with van der Waals surface area (Å²) in [4.78, 5) is 12.2. The van der Waals surface area contributed by atoms with E-state index in [-0.39, 0.29) is 16.6 Å². The van der Waals surface area contributed by atoms with Gasteiger partial charge in [-0.1, -0.05) is 77.1 Å². The molecular formula is C28H32O. The van der Waals surface area contributed by atoms with E-state index in [1.54, 1.807) is 0 Å². The highest BCUT2D eigenvalue weighted by Gasteiger charge is 2.36. The van der Waals surface area contributed by atoms with Crippen LogP contribution in [0.5, 0.6) is 0 Å². The van der Waals surface area contributed by atoms with Gasteiger partial charge in [-0.2, -0.15) is 0 Å². The molecule has 0 amide bonds. The molecule has 1 aliphatic rings. The summed E-state index contributed by atoms with van der Waals surface area (Å²) in [7, 11) is 0. The van der Waals surface area contributed by atoms with E-state index < -0.39 is 0 Å². The van der Waals surface area contributed by atoms with Crippen LogP contribution in [0.25, 0.3) is 21.9 Å². The van der Waals surface area contributed by atoms with Gasteiger partial charge in [-0.15, -0.1) is 0 Å². The fraction of sp³-hybridized carbons (Fsp3) is 0.393. The fourth-order valence-electron chi connectivity index (χ4n) is 4.93. The third-order valence-electron chi connectivity index (χ3n) is 7.10. The number of ketones is 1. The third-order valence-corrected chi connectivity index (χ3v) is 7.10. The summed E-state index contributed by atoms with van der Waals surface area (Å²) in [5.74, 6) is 0.216. The molecule has 1 heteroatoms. The van der Waals surface area contributed by atoms with Crippen molar-refractivity contribution in [1.82, 2.24) is 0 Å². The average Bonchev–Trinajstić information content (AvgIpc) is 2.71. The minimum atomic E-state index is 0.212. The second-order valence-corrected chi connectivity index (χ2v) is 9.98. The maximum absolute atomic E-state index is 12.2. The van der Waals surface area contributed by atoms with E-state index >= 15 is 0 Å². The lowest BCUT2D eigenvalue weighted by Gasteiger charge is -2.42. The lowest BCUT2D eigenvalue weighted by Crippen LogP contribution is -2.33. The molecule has 0 fully saturated rings. The van der Waals surface area contributed by atoms with Crippen LogP contribution in [0.2, 0.25) is 0 Å². The SMILES string of the molecule is CCC(=O)c1ccc2cc(-c3ccc4c(c3)C(C)(C)CCC4(C)C)ccc2c1C. The number of Topliss-reactive ketones (excluding diaryl/α,β-unsaturated/α-hetero) is 1. The maximum atomic E-state index is 12.2. The zero-order valence-electron chi connectivity index (χ0n) is 18.6. The molecule has 0 saturated carbocycles. The van der Waals surface area contributed by atoms with Gasteiger partial charge in [0.2, 0.25) is 0 Å². The zero-order chi connectivity index (χ0) is 21.0. The second-order valence-electron chi connectivity index (χ2n) is 9.98. The van der Waals surface area contributed by atoms with E-state index in [2.05, 4.69) is 77.1 Å². The Morgan fingerprint density at radius 3 is 2.14 bits per heavy atom. The summed E-state index contributed by atoms with van der Waals surface area (Å²) >= 11 is 0. The van der Waals surface area contributed by atoms with Crippen LogP contribution in [0.1, 0.15) is 80.9 Å². The van der Waals surface area contributed by atoms with E-state index in [9.17, 15) is 4.79 Å². The van der Waals surface area contributed by atoms with Crippen LogP contribution in [-0.4, -0.2) is 5.78 Å². The van der Waals surface area contributed by atoms with Gasteiger partial charge < -0.3 is 0 Å². The molecule has 150 valence electrons. The molecule has 0 bridgehead atoms. The van der Waals surface area contributed by atoms with Crippen LogP contribution >= 0.6 is 0 Å². The van der Waals surface area contributed by atoms with Gasteiger partial charge in [-0.05, 0) is 75.3 Å². The molecule has 0 aromatic heterocycles. The molecule has 29 heavy (non-hydrogen) atoms. The van der Waals surface area contributed by atoms with E-state index in [1.807, 2.05) is 13.0 Å². The predicted octanol–water partition coefficient (Wildman–Crippen LogP) is 7.76. The Labute approximate surface area is 175 Å². The van der Waals surface area contributed by atoms with E-state index in [0.717, 1.165) is 11.1 Å². The molecule has 3 aromatic carbocycles. The highest BCUT2D eigenvalue weighted by Crippen LogP contribution is 2.46. The molecule has 1 nitrogen and oxygen atoms in total. The summed E-state index contributed by atoms with van der Waals surface area (Å²) < 4.78 is 0. The molecule has 0 spiro atoms. The quantitative estimate of drug-likeness (QED) is 0.422. The summed E-state index contributed by atoms with van der Waals surface area (Å²) in [6.45, 7) is 13.5. The number of carbonyl (C=O) groups is 1. The number of hydrogen-bond acceptors (Lipinski definition) is 1.